The maximum atomic E-state index is 6.08. The minimum absolute atomic E-state index is 0.565. The van der Waals surface area contributed by atoms with Crippen LogP contribution in [0.15, 0.2) is 17.5 Å². The molecule has 2 unspecified atom stereocenters. The molecule has 1 fully saturated rings. The third kappa shape index (κ3) is 4.04. The molecule has 1 aromatic rings. The van der Waals surface area contributed by atoms with Crippen LogP contribution in [0.1, 0.15) is 43.9 Å². The first-order chi connectivity index (χ1) is 9.22. The second kappa shape index (κ2) is 7.41. The number of nitrogens with zero attached hydrogens (tertiary/aromatic N) is 1. The van der Waals surface area contributed by atoms with Gasteiger partial charge in [0.15, 0.2) is 0 Å². The minimum Gasteiger partial charge on any atom is -0.329 e. The zero-order valence-corrected chi connectivity index (χ0v) is 13.2. The van der Waals surface area contributed by atoms with Crippen molar-refractivity contribution in [3.8, 4) is 0 Å². The predicted octanol–water partition coefficient (Wildman–Crippen LogP) is 3.52. The minimum atomic E-state index is 0.565. The summed E-state index contributed by atoms with van der Waals surface area (Å²) in [5.74, 6) is 0.814. The monoisotopic (exact) mass is 280 g/mol. The number of likely N-dealkylation sites (N-methyl/N-ethyl adjacent to an activating group) is 1. The SMILES string of the molecule is CC(Cc1cccs1)N(C)C(CN)C1CCCCC1. The van der Waals surface area contributed by atoms with Gasteiger partial charge in [0.2, 0.25) is 0 Å². The van der Waals surface area contributed by atoms with Crippen molar-refractivity contribution in [1.82, 2.24) is 4.90 Å². The largest absolute Gasteiger partial charge is 0.329 e. The molecule has 0 bridgehead atoms. The molecular weight excluding hydrogens is 252 g/mol. The van der Waals surface area contributed by atoms with Crippen molar-refractivity contribution in [2.24, 2.45) is 11.7 Å². The molecule has 2 rings (SSSR count). The molecule has 1 saturated carbocycles. The highest BCUT2D eigenvalue weighted by molar-refractivity contribution is 7.09. The van der Waals surface area contributed by atoms with E-state index in [1.807, 2.05) is 11.3 Å². The van der Waals surface area contributed by atoms with Crippen LogP contribution >= 0.6 is 11.3 Å². The van der Waals surface area contributed by atoms with Gasteiger partial charge in [0.05, 0.1) is 0 Å². The van der Waals surface area contributed by atoms with Crippen molar-refractivity contribution in [2.75, 3.05) is 13.6 Å². The Morgan fingerprint density at radius 1 is 1.37 bits per heavy atom. The standard InChI is InChI=1S/C16H28N2S/c1-13(11-15-9-6-10-19-15)18(2)16(12-17)14-7-4-3-5-8-14/h6,9-10,13-14,16H,3-5,7-8,11-12,17H2,1-2H3. The highest BCUT2D eigenvalue weighted by Gasteiger charge is 2.28. The topological polar surface area (TPSA) is 29.3 Å². The Kier molecular flexibility index (Phi) is 5.86. The number of hydrogen-bond donors (Lipinski definition) is 1. The molecule has 1 aliphatic rings. The van der Waals surface area contributed by atoms with E-state index in [2.05, 4.69) is 36.4 Å². The molecule has 1 aliphatic carbocycles. The maximum Gasteiger partial charge on any atom is 0.0246 e. The van der Waals surface area contributed by atoms with Crippen molar-refractivity contribution in [1.29, 1.82) is 0 Å². The van der Waals surface area contributed by atoms with E-state index in [9.17, 15) is 0 Å². The van der Waals surface area contributed by atoms with Crippen LogP contribution < -0.4 is 5.73 Å². The van der Waals surface area contributed by atoms with E-state index in [1.54, 1.807) is 0 Å². The first-order valence-electron chi connectivity index (χ1n) is 7.66. The Balaban J connectivity index is 1.92. The Bertz CT molecular complexity index is 344. The Morgan fingerprint density at radius 2 is 2.11 bits per heavy atom. The number of rotatable bonds is 6. The summed E-state index contributed by atoms with van der Waals surface area (Å²) < 4.78 is 0. The van der Waals surface area contributed by atoms with E-state index in [4.69, 9.17) is 5.73 Å². The molecule has 0 radical (unpaired) electrons. The molecule has 0 aromatic carbocycles. The van der Waals surface area contributed by atoms with Gasteiger partial charge in [-0.25, -0.2) is 0 Å². The smallest absolute Gasteiger partial charge is 0.0246 e. The fourth-order valence-corrected chi connectivity index (χ4v) is 4.23. The zero-order valence-electron chi connectivity index (χ0n) is 12.3. The molecule has 108 valence electrons. The average Bonchev–Trinajstić information content (AvgIpc) is 2.93. The summed E-state index contributed by atoms with van der Waals surface area (Å²) in [6.45, 7) is 3.14. The zero-order chi connectivity index (χ0) is 13.7. The van der Waals surface area contributed by atoms with E-state index in [0.29, 0.717) is 12.1 Å². The van der Waals surface area contributed by atoms with Crippen LogP contribution in [0.3, 0.4) is 0 Å². The summed E-state index contributed by atoms with van der Waals surface area (Å²) in [6.07, 6.45) is 8.11. The molecule has 2 nitrogen and oxygen atoms in total. The van der Waals surface area contributed by atoms with Crippen LogP contribution in [0.2, 0.25) is 0 Å². The highest BCUT2D eigenvalue weighted by Crippen LogP contribution is 2.29. The van der Waals surface area contributed by atoms with Crippen LogP contribution in [0.25, 0.3) is 0 Å². The lowest BCUT2D eigenvalue weighted by molar-refractivity contribution is 0.114. The third-order valence-corrected chi connectivity index (χ3v) is 5.63. The average molecular weight is 280 g/mol. The summed E-state index contributed by atoms with van der Waals surface area (Å²) in [5.41, 5.74) is 6.08. The molecule has 0 aliphatic heterocycles. The fraction of sp³-hybridized carbons (Fsp3) is 0.750. The molecule has 1 heterocycles. The molecule has 0 spiro atoms. The predicted molar refractivity (Wildman–Crippen MR) is 84.7 cm³/mol. The van der Waals surface area contributed by atoms with E-state index in [0.717, 1.165) is 18.9 Å². The molecular formula is C16H28N2S. The van der Waals surface area contributed by atoms with Crippen molar-refractivity contribution >= 4 is 11.3 Å². The number of thiophene rings is 1. The van der Waals surface area contributed by atoms with Gasteiger partial charge in [-0.05, 0) is 50.6 Å². The number of nitrogens with two attached hydrogens (primary N) is 1. The summed E-state index contributed by atoms with van der Waals surface area (Å²) in [6, 6.07) is 5.53. The van der Waals surface area contributed by atoms with E-state index < -0.39 is 0 Å². The molecule has 1 aromatic heterocycles. The molecule has 3 heteroatoms. The molecule has 2 atom stereocenters. The van der Waals surface area contributed by atoms with Crippen LogP contribution in [-0.2, 0) is 6.42 Å². The third-order valence-electron chi connectivity index (χ3n) is 4.73. The quantitative estimate of drug-likeness (QED) is 0.864. The summed E-state index contributed by atoms with van der Waals surface area (Å²) in [4.78, 5) is 4.02. The highest BCUT2D eigenvalue weighted by atomic mass is 32.1. The molecule has 19 heavy (non-hydrogen) atoms. The van der Waals surface area contributed by atoms with Gasteiger partial charge in [-0.3, -0.25) is 4.90 Å². The lowest BCUT2D eigenvalue weighted by Crippen LogP contribution is -2.48. The van der Waals surface area contributed by atoms with Crippen molar-refractivity contribution in [3.63, 3.8) is 0 Å². The van der Waals surface area contributed by atoms with Crippen molar-refractivity contribution in [3.05, 3.63) is 22.4 Å². The lowest BCUT2D eigenvalue weighted by Gasteiger charge is -2.39. The van der Waals surface area contributed by atoms with Crippen LogP contribution in [0.4, 0.5) is 0 Å². The Labute approximate surface area is 122 Å². The van der Waals surface area contributed by atoms with Gasteiger partial charge >= 0.3 is 0 Å². The van der Waals surface area contributed by atoms with E-state index in [1.165, 1.54) is 37.0 Å². The molecule has 0 saturated heterocycles. The van der Waals surface area contributed by atoms with E-state index in [-0.39, 0.29) is 0 Å². The van der Waals surface area contributed by atoms with Gasteiger partial charge < -0.3 is 5.73 Å². The fourth-order valence-electron chi connectivity index (χ4n) is 3.40. The molecule has 2 N–H and O–H groups in total. The number of hydrogen-bond acceptors (Lipinski definition) is 3. The first kappa shape index (κ1) is 15.0. The Hall–Kier alpha value is -0.380. The van der Waals surface area contributed by atoms with Crippen LogP contribution in [0.5, 0.6) is 0 Å². The first-order valence-corrected chi connectivity index (χ1v) is 8.54. The van der Waals surface area contributed by atoms with Gasteiger partial charge in [-0.2, -0.15) is 0 Å². The lowest BCUT2D eigenvalue weighted by atomic mass is 9.83. The van der Waals surface area contributed by atoms with E-state index >= 15 is 0 Å². The van der Waals surface area contributed by atoms with Crippen molar-refractivity contribution < 1.29 is 0 Å². The van der Waals surface area contributed by atoms with Crippen LogP contribution in [-0.4, -0.2) is 30.6 Å². The second-order valence-corrected chi connectivity index (χ2v) is 7.03. The Morgan fingerprint density at radius 3 is 2.68 bits per heavy atom. The summed E-state index contributed by atoms with van der Waals surface area (Å²) >= 11 is 1.87. The second-order valence-electron chi connectivity index (χ2n) is 6.00. The summed E-state index contributed by atoms with van der Waals surface area (Å²) in [5, 5.41) is 2.17. The normalized spacial score (nSPS) is 20.6. The van der Waals surface area contributed by atoms with Crippen molar-refractivity contribution in [2.45, 2.75) is 57.5 Å². The van der Waals surface area contributed by atoms with Gasteiger partial charge in [-0.15, -0.1) is 11.3 Å². The summed E-state index contributed by atoms with van der Waals surface area (Å²) in [7, 11) is 2.27. The van der Waals surface area contributed by atoms with Gasteiger partial charge in [0.25, 0.3) is 0 Å². The van der Waals surface area contributed by atoms with Gasteiger partial charge in [-0.1, -0.05) is 25.3 Å². The van der Waals surface area contributed by atoms with Crippen LogP contribution in [0, 0.1) is 5.92 Å². The molecule has 0 amide bonds. The maximum absolute atomic E-state index is 6.08. The van der Waals surface area contributed by atoms with Gasteiger partial charge in [0.1, 0.15) is 0 Å². The van der Waals surface area contributed by atoms with Gasteiger partial charge in [0, 0.05) is 23.5 Å².